The number of hydrogen-bond acceptors (Lipinski definition) is 3. The minimum Gasteiger partial charge on any atom is -0.388 e. The van der Waals surface area contributed by atoms with Gasteiger partial charge in [0.15, 0.2) is 0 Å². The lowest BCUT2D eigenvalue weighted by Crippen LogP contribution is -2.37. The lowest BCUT2D eigenvalue weighted by molar-refractivity contribution is 0.0841. The Balaban J connectivity index is 2.47. The van der Waals surface area contributed by atoms with Crippen LogP contribution in [0.3, 0.4) is 0 Å². The van der Waals surface area contributed by atoms with E-state index in [2.05, 4.69) is 25.7 Å². The molecule has 1 N–H and O–H groups in total. The molecule has 0 bridgehead atoms. The Morgan fingerprint density at radius 1 is 1.26 bits per heavy atom. The first kappa shape index (κ1) is 16.2. The van der Waals surface area contributed by atoms with Gasteiger partial charge in [-0.1, -0.05) is 36.8 Å². The van der Waals surface area contributed by atoms with E-state index in [0.717, 1.165) is 31.7 Å². The van der Waals surface area contributed by atoms with Crippen molar-refractivity contribution in [3.8, 4) is 0 Å². The van der Waals surface area contributed by atoms with E-state index in [-0.39, 0.29) is 6.10 Å². The maximum Gasteiger partial charge on any atom is 0.0802 e. The molecule has 0 spiro atoms. The van der Waals surface area contributed by atoms with Gasteiger partial charge in [-0.3, -0.25) is 4.90 Å². The van der Waals surface area contributed by atoms with Crippen molar-refractivity contribution in [2.24, 2.45) is 0 Å². The van der Waals surface area contributed by atoms with Crippen LogP contribution in [-0.4, -0.2) is 42.9 Å². The van der Waals surface area contributed by atoms with Crippen LogP contribution in [0.5, 0.6) is 0 Å². The Kier molecular flexibility index (Phi) is 7.06. The summed E-state index contributed by atoms with van der Waals surface area (Å²) >= 11 is 0. The van der Waals surface area contributed by atoms with Gasteiger partial charge < -0.3 is 9.84 Å². The van der Waals surface area contributed by atoms with Crippen LogP contribution in [0.4, 0.5) is 0 Å². The number of hydrogen-bond donors (Lipinski definition) is 1. The summed E-state index contributed by atoms with van der Waals surface area (Å²) in [4.78, 5) is 2.33. The zero-order valence-corrected chi connectivity index (χ0v) is 12.6. The van der Waals surface area contributed by atoms with Crippen molar-refractivity contribution < 1.29 is 9.84 Å². The van der Waals surface area contributed by atoms with Gasteiger partial charge in [0.1, 0.15) is 0 Å². The number of nitrogens with zero attached hydrogens (tertiary/aromatic N) is 1. The van der Waals surface area contributed by atoms with Gasteiger partial charge in [0.2, 0.25) is 0 Å². The molecule has 1 aromatic rings. The van der Waals surface area contributed by atoms with Crippen LogP contribution in [0.1, 0.15) is 37.5 Å². The van der Waals surface area contributed by atoms with E-state index in [1.54, 1.807) is 7.11 Å². The summed E-state index contributed by atoms with van der Waals surface area (Å²) in [6, 6.07) is 8.50. The number of benzene rings is 1. The van der Waals surface area contributed by atoms with Gasteiger partial charge in [-0.15, -0.1) is 0 Å². The largest absolute Gasteiger partial charge is 0.388 e. The second kappa shape index (κ2) is 8.31. The van der Waals surface area contributed by atoms with Gasteiger partial charge in [-0.25, -0.2) is 0 Å². The Morgan fingerprint density at radius 2 is 1.89 bits per heavy atom. The summed E-state index contributed by atoms with van der Waals surface area (Å²) in [5.74, 6) is 0. The van der Waals surface area contributed by atoms with E-state index < -0.39 is 0 Å². The Hall–Kier alpha value is -0.900. The highest BCUT2D eigenvalue weighted by Gasteiger charge is 2.14. The fraction of sp³-hybridized carbons (Fsp3) is 0.625. The van der Waals surface area contributed by atoms with Crippen LogP contribution < -0.4 is 0 Å². The van der Waals surface area contributed by atoms with Crippen molar-refractivity contribution >= 4 is 0 Å². The van der Waals surface area contributed by atoms with Gasteiger partial charge >= 0.3 is 0 Å². The van der Waals surface area contributed by atoms with E-state index in [1.807, 2.05) is 24.3 Å². The predicted molar refractivity (Wildman–Crippen MR) is 79.3 cm³/mol. The molecule has 0 amide bonds. The molecule has 0 saturated carbocycles. The summed E-state index contributed by atoms with van der Waals surface area (Å²) in [6.45, 7) is 8.95. The number of likely N-dealkylation sites (N-methyl/N-ethyl adjacent to an activating group) is 1. The van der Waals surface area contributed by atoms with Crippen LogP contribution >= 0.6 is 0 Å². The average molecular weight is 265 g/mol. The first-order valence-electron chi connectivity index (χ1n) is 7.06. The molecule has 1 aromatic carbocycles. The second-order valence-corrected chi connectivity index (χ2v) is 5.15. The molecule has 2 atom stereocenters. The number of rotatable bonds is 8. The molecular weight excluding hydrogens is 238 g/mol. The molecule has 0 radical (unpaired) electrons. The molecule has 0 aliphatic rings. The molecule has 0 fully saturated rings. The second-order valence-electron chi connectivity index (χ2n) is 5.15. The van der Waals surface area contributed by atoms with Crippen LogP contribution in [0.2, 0.25) is 0 Å². The van der Waals surface area contributed by atoms with Gasteiger partial charge in [0.25, 0.3) is 0 Å². The maximum absolute atomic E-state index is 10.2. The van der Waals surface area contributed by atoms with E-state index in [0.29, 0.717) is 6.04 Å². The lowest BCUT2D eigenvalue weighted by atomic mass is 10.0. The number of ether oxygens (including phenoxy) is 1. The minimum atomic E-state index is -0.385. The van der Waals surface area contributed by atoms with E-state index in [4.69, 9.17) is 4.74 Å². The van der Waals surface area contributed by atoms with Gasteiger partial charge in [0, 0.05) is 19.7 Å². The highest BCUT2D eigenvalue weighted by Crippen LogP contribution is 2.18. The smallest absolute Gasteiger partial charge is 0.0802 e. The van der Waals surface area contributed by atoms with Gasteiger partial charge in [-0.2, -0.15) is 0 Å². The van der Waals surface area contributed by atoms with E-state index >= 15 is 0 Å². The Morgan fingerprint density at radius 3 is 2.42 bits per heavy atom. The van der Waals surface area contributed by atoms with Crippen LogP contribution in [0.15, 0.2) is 24.3 Å². The van der Waals surface area contributed by atoms with E-state index in [1.165, 1.54) is 5.56 Å². The third-order valence-electron chi connectivity index (χ3n) is 3.59. The number of aryl methyl sites for hydroxylation is 1. The Bertz CT molecular complexity index is 350. The molecule has 0 aliphatic heterocycles. The van der Waals surface area contributed by atoms with Crippen molar-refractivity contribution in [1.29, 1.82) is 0 Å². The topological polar surface area (TPSA) is 32.7 Å². The van der Waals surface area contributed by atoms with Crippen molar-refractivity contribution in [3.05, 3.63) is 35.4 Å². The molecule has 19 heavy (non-hydrogen) atoms. The first-order valence-corrected chi connectivity index (χ1v) is 7.06. The highest BCUT2D eigenvalue weighted by molar-refractivity contribution is 5.22. The van der Waals surface area contributed by atoms with Crippen molar-refractivity contribution in [1.82, 2.24) is 4.90 Å². The maximum atomic E-state index is 10.2. The van der Waals surface area contributed by atoms with Gasteiger partial charge in [-0.05, 0) is 32.4 Å². The molecule has 3 nitrogen and oxygen atoms in total. The average Bonchev–Trinajstić information content (AvgIpc) is 2.40. The van der Waals surface area contributed by atoms with Crippen LogP contribution in [-0.2, 0) is 4.74 Å². The molecule has 3 heteroatoms. The molecule has 1 rings (SSSR count). The van der Waals surface area contributed by atoms with Crippen LogP contribution in [0, 0.1) is 6.92 Å². The SMILES string of the molecule is CCN(CCC(O)c1ccc(C)cc1)C(C)COC. The summed E-state index contributed by atoms with van der Waals surface area (Å²) in [5.41, 5.74) is 2.22. The number of methoxy groups -OCH3 is 1. The number of aliphatic hydroxyl groups is 1. The molecule has 0 saturated heterocycles. The summed E-state index contributed by atoms with van der Waals surface area (Å²) in [5, 5.41) is 10.2. The quantitative estimate of drug-likeness (QED) is 0.784. The third-order valence-corrected chi connectivity index (χ3v) is 3.59. The molecule has 2 unspecified atom stereocenters. The van der Waals surface area contributed by atoms with Gasteiger partial charge in [0.05, 0.1) is 12.7 Å². The van der Waals surface area contributed by atoms with Crippen LogP contribution in [0.25, 0.3) is 0 Å². The zero-order valence-electron chi connectivity index (χ0n) is 12.6. The monoisotopic (exact) mass is 265 g/mol. The zero-order chi connectivity index (χ0) is 14.3. The van der Waals surface area contributed by atoms with Crippen molar-refractivity contribution in [2.45, 2.75) is 39.3 Å². The molecule has 0 aromatic heterocycles. The lowest BCUT2D eigenvalue weighted by Gasteiger charge is -2.28. The summed E-state index contributed by atoms with van der Waals surface area (Å²) < 4.78 is 5.19. The highest BCUT2D eigenvalue weighted by atomic mass is 16.5. The van der Waals surface area contributed by atoms with E-state index in [9.17, 15) is 5.11 Å². The summed E-state index contributed by atoms with van der Waals surface area (Å²) in [7, 11) is 1.73. The minimum absolute atomic E-state index is 0.385. The predicted octanol–water partition coefficient (Wildman–Crippen LogP) is 2.78. The first-order chi connectivity index (χ1) is 9.08. The fourth-order valence-electron chi connectivity index (χ4n) is 2.28. The standard InChI is InChI=1S/C16H27NO2/c1-5-17(14(3)12-19-4)11-10-16(18)15-8-6-13(2)7-9-15/h6-9,14,16,18H,5,10-12H2,1-4H3. The summed E-state index contributed by atoms with van der Waals surface area (Å²) in [6.07, 6.45) is 0.370. The third kappa shape index (κ3) is 5.31. The molecule has 0 aliphatic carbocycles. The molecule has 0 heterocycles. The molecular formula is C16H27NO2. The normalized spacial score (nSPS) is 14.6. The number of aliphatic hydroxyl groups excluding tert-OH is 1. The van der Waals surface area contributed by atoms with Crippen molar-refractivity contribution in [2.75, 3.05) is 26.8 Å². The molecule has 108 valence electrons. The Labute approximate surface area is 117 Å². The fourth-order valence-corrected chi connectivity index (χ4v) is 2.28. The van der Waals surface area contributed by atoms with Crippen molar-refractivity contribution in [3.63, 3.8) is 0 Å².